The zero-order chi connectivity index (χ0) is 34.6. The fraction of sp³-hybridized carbons (Fsp3) is 0. The number of thiophene rings is 1. The number of aromatic nitrogens is 4. The van der Waals surface area contributed by atoms with Crippen LogP contribution in [0.1, 0.15) is 0 Å². The maximum absolute atomic E-state index is 7.56. The largest absolute Gasteiger partial charge is 0.309 e. The van der Waals surface area contributed by atoms with Crippen LogP contribution in [0.3, 0.4) is 0 Å². The highest BCUT2D eigenvalue weighted by molar-refractivity contribution is 7.25. The van der Waals surface area contributed by atoms with Gasteiger partial charge in [-0.25, -0.2) is 19.8 Å². The second-order valence-corrected chi connectivity index (χ2v) is 13.8. The Morgan fingerprint density at radius 2 is 1.10 bits per heavy atom. The van der Waals surface area contributed by atoms with Crippen LogP contribution in [-0.4, -0.2) is 19.5 Å². The molecule has 6 heteroatoms. The fourth-order valence-corrected chi connectivity index (χ4v) is 8.41. The van der Waals surface area contributed by atoms with Gasteiger partial charge in [-0.2, -0.15) is 0 Å². The summed E-state index contributed by atoms with van der Waals surface area (Å²) in [5.74, 6) is 1.67. The molecule has 242 valence electrons. The lowest BCUT2D eigenvalue weighted by molar-refractivity contribution is 1.07. The van der Waals surface area contributed by atoms with Crippen molar-refractivity contribution in [3.05, 3.63) is 175 Å². The lowest BCUT2D eigenvalue weighted by Crippen LogP contribution is -2.01. The monoisotopic (exact) mass is 681 g/mol. The first-order valence-electron chi connectivity index (χ1n) is 17.1. The van der Waals surface area contributed by atoms with Gasteiger partial charge in [0.1, 0.15) is 0 Å². The predicted octanol–water partition coefficient (Wildman–Crippen LogP) is 12.6. The van der Waals surface area contributed by atoms with E-state index >= 15 is 0 Å². The van der Waals surface area contributed by atoms with Gasteiger partial charge in [-0.1, -0.05) is 121 Å². The molecule has 0 radical (unpaired) electrons. The highest BCUT2D eigenvalue weighted by atomic mass is 32.1. The average Bonchev–Trinajstić information content (AvgIpc) is 3.77. The molecule has 0 saturated heterocycles. The number of benzene rings is 7. The third-order valence-corrected chi connectivity index (χ3v) is 10.8. The zero-order valence-electron chi connectivity index (χ0n) is 27.7. The van der Waals surface area contributed by atoms with Gasteiger partial charge in [-0.05, 0) is 53.6 Å². The van der Waals surface area contributed by atoms with E-state index in [9.17, 15) is 0 Å². The second kappa shape index (κ2) is 12.1. The third-order valence-electron chi connectivity index (χ3n) is 9.65. The van der Waals surface area contributed by atoms with E-state index in [-0.39, 0.29) is 0 Å². The van der Waals surface area contributed by atoms with Gasteiger partial charge < -0.3 is 4.57 Å². The number of nitrogens with zero attached hydrogens (tertiary/aromatic N) is 5. The minimum atomic E-state index is 0.524. The van der Waals surface area contributed by atoms with Gasteiger partial charge in [0.05, 0.1) is 17.6 Å². The molecular weight excluding hydrogens is 655 g/mol. The fourth-order valence-electron chi connectivity index (χ4n) is 7.28. The van der Waals surface area contributed by atoms with Crippen LogP contribution in [0.2, 0.25) is 0 Å². The highest BCUT2D eigenvalue weighted by Gasteiger charge is 2.18. The van der Waals surface area contributed by atoms with Crippen LogP contribution in [0.15, 0.2) is 164 Å². The Bertz CT molecular complexity index is 3040. The Kier molecular flexibility index (Phi) is 6.98. The maximum atomic E-state index is 7.56. The van der Waals surface area contributed by atoms with E-state index < -0.39 is 0 Å². The van der Waals surface area contributed by atoms with Crippen molar-refractivity contribution in [2.45, 2.75) is 0 Å². The first-order valence-corrected chi connectivity index (χ1v) is 17.9. The molecule has 52 heavy (non-hydrogen) atoms. The van der Waals surface area contributed by atoms with Crippen molar-refractivity contribution >= 4 is 59.0 Å². The summed E-state index contributed by atoms with van der Waals surface area (Å²) in [5.41, 5.74) is 8.76. The van der Waals surface area contributed by atoms with Crippen LogP contribution in [0.5, 0.6) is 0 Å². The van der Waals surface area contributed by atoms with E-state index in [2.05, 4.69) is 119 Å². The predicted molar refractivity (Wildman–Crippen MR) is 215 cm³/mol. The Balaban J connectivity index is 1.17. The van der Waals surface area contributed by atoms with Gasteiger partial charge in [0.15, 0.2) is 23.2 Å². The molecule has 0 saturated carbocycles. The topological polar surface area (TPSA) is 48.0 Å². The Hall–Kier alpha value is -6.94. The summed E-state index contributed by atoms with van der Waals surface area (Å²) in [6, 6.07) is 56.6. The molecule has 0 aliphatic rings. The molecule has 3 heterocycles. The van der Waals surface area contributed by atoms with Crippen molar-refractivity contribution in [2.75, 3.05) is 0 Å². The van der Waals surface area contributed by atoms with Crippen molar-refractivity contribution in [1.29, 1.82) is 0 Å². The summed E-state index contributed by atoms with van der Waals surface area (Å²) in [7, 11) is 0. The average molecular weight is 682 g/mol. The molecule has 0 fully saturated rings. The van der Waals surface area contributed by atoms with Crippen molar-refractivity contribution in [3.63, 3.8) is 0 Å². The smallest absolute Gasteiger partial charge is 0.187 e. The summed E-state index contributed by atoms with van der Waals surface area (Å²) < 4.78 is 4.94. The number of para-hydroxylation sites is 1. The zero-order valence-corrected chi connectivity index (χ0v) is 28.5. The number of fused-ring (bicyclic) bond motifs is 6. The summed E-state index contributed by atoms with van der Waals surface area (Å²) >= 11 is 1.84. The van der Waals surface area contributed by atoms with Crippen LogP contribution >= 0.6 is 11.3 Å². The van der Waals surface area contributed by atoms with E-state index in [1.165, 1.54) is 42.1 Å². The Labute approximate surface area is 303 Å². The Morgan fingerprint density at radius 3 is 1.92 bits per heavy atom. The van der Waals surface area contributed by atoms with Crippen LogP contribution in [-0.2, 0) is 0 Å². The molecule has 10 aromatic rings. The summed E-state index contributed by atoms with van der Waals surface area (Å²) in [4.78, 5) is 18.5. The third kappa shape index (κ3) is 4.95. The summed E-state index contributed by atoms with van der Waals surface area (Å²) in [6.07, 6.45) is 0. The van der Waals surface area contributed by atoms with Gasteiger partial charge >= 0.3 is 0 Å². The molecule has 0 spiro atoms. The van der Waals surface area contributed by atoms with Gasteiger partial charge in [-0.15, -0.1) is 11.3 Å². The van der Waals surface area contributed by atoms with Crippen molar-refractivity contribution in [1.82, 2.24) is 19.5 Å². The normalized spacial score (nSPS) is 11.4. The molecule has 0 aliphatic heterocycles. The van der Waals surface area contributed by atoms with Crippen LogP contribution < -0.4 is 0 Å². The first kappa shape index (κ1) is 29.9. The van der Waals surface area contributed by atoms with Crippen LogP contribution in [0.25, 0.3) is 97.8 Å². The first-order chi connectivity index (χ1) is 25.7. The second-order valence-electron chi connectivity index (χ2n) is 12.7. The molecule has 5 nitrogen and oxygen atoms in total. The maximum Gasteiger partial charge on any atom is 0.187 e. The molecule has 0 amide bonds. The van der Waals surface area contributed by atoms with Crippen LogP contribution in [0, 0.1) is 6.57 Å². The SMILES string of the molecule is [C-]#[N+]c1cccc(-c2nc(-c3ccccc3)nc(-c3cccc(-n4c5ccccc5c5ccc(-c6cccc7sc8ccccc8c67)cc54)c3)n2)c1. The molecular formula is C46H27N5S. The van der Waals surface area contributed by atoms with E-state index in [1.807, 2.05) is 59.9 Å². The summed E-state index contributed by atoms with van der Waals surface area (Å²) in [5, 5.41) is 4.98. The minimum absolute atomic E-state index is 0.524. The quantitative estimate of drug-likeness (QED) is 0.170. The number of rotatable bonds is 5. The van der Waals surface area contributed by atoms with Crippen molar-refractivity contribution < 1.29 is 0 Å². The van der Waals surface area contributed by atoms with E-state index in [0.717, 1.165) is 33.4 Å². The van der Waals surface area contributed by atoms with Crippen molar-refractivity contribution in [2.24, 2.45) is 0 Å². The highest BCUT2D eigenvalue weighted by Crippen LogP contribution is 2.42. The molecule has 0 aliphatic carbocycles. The van der Waals surface area contributed by atoms with Gasteiger partial charge in [-0.3, -0.25) is 0 Å². The molecule has 0 bridgehead atoms. The van der Waals surface area contributed by atoms with Gasteiger partial charge in [0, 0.05) is 53.3 Å². The summed E-state index contributed by atoms with van der Waals surface area (Å²) in [6.45, 7) is 7.56. The van der Waals surface area contributed by atoms with Crippen LogP contribution in [0.4, 0.5) is 5.69 Å². The minimum Gasteiger partial charge on any atom is -0.309 e. The molecule has 0 N–H and O–H groups in total. The lowest BCUT2D eigenvalue weighted by atomic mass is 9.98. The van der Waals surface area contributed by atoms with E-state index in [4.69, 9.17) is 21.5 Å². The molecule has 3 aromatic heterocycles. The van der Waals surface area contributed by atoms with E-state index in [1.54, 1.807) is 6.07 Å². The number of hydrogen-bond donors (Lipinski definition) is 0. The standard InChI is InChI=1S/C46H27N5S/c1-47-33-16-9-14-31(26-33)45-48-44(29-12-3-2-4-13-29)49-46(50-45)32-15-10-17-34(27-32)51-39-21-7-5-18-36(39)37-25-24-30(28-40(37)51)35-20-11-23-42-43(35)38-19-6-8-22-41(38)52-42/h2-28H. The number of hydrogen-bond acceptors (Lipinski definition) is 4. The van der Waals surface area contributed by atoms with E-state index in [0.29, 0.717) is 23.2 Å². The Morgan fingerprint density at radius 1 is 0.462 bits per heavy atom. The molecule has 0 unspecified atom stereocenters. The molecule has 7 aromatic carbocycles. The van der Waals surface area contributed by atoms with Gasteiger partial charge in [0.25, 0.3) is 0 Å². The van der Waals surface area contributed by atoms with Crippen molar-refractivity contribution in [3.8, 4) is 51.0 Å². The van der Waals surface area contributed by atoms with Gasteiger partial charge in [0.2, 0.25) is 0 Å². The lowest BCUT2D eigenvalue weighted by Gasteiger charge is -2.12. The molecule has 10 rings (SSSR count). The molecule has 0 atom stereocenters.